The van der Waals surface area contributed by atoms with E-state index in [1.807, 2.05) is 20.8 Å². The second-order valence-electron chi connectivity index (χ2n) is 3.51. The van der Waals surface area contributed by atoms with Crippen LogP contribution in [0.3, 0.4) is 0 Å². The van der Waals surface area contributed by atoms with E-state index in [-0.39, 0.29) is 5.41 Å². The number of carbonyl (C=O) groups excluding carboxylic acids is 1. The minimum Gasteiger partial charge on any atom is -0.302 e. The molecule has 0 aromatic heterocycles. The fraction of sp³-hybridized carbons (Fsp3) is 0.857. The molecular weight excluding hydrogens is 114 g/mol. The summed E-state index contributed by atoms with van der Waals surface area (Å²) in [5, 5.41) is 0. The summed E-state index contributed by atoms with van der Waals surface area (Å²) in [4.78, 5) is 10.00. The Hall–Kier alpha value is -0.370. The van der Waals surface area contributed by atoms with Gasteiger partial charge in [0.2, 0.25) is 0 Å². The first-order valence-corrected chi connectivity index (χ1v) is 3.12. The Kier molecular flexibility index (Phi) is 2.85. The molecule has 0 saturated heterocycles. The first-order chi connectivity index (χ1) is 3.95. The molecule has 1 atom stereocenters. The average Bonchev–Trinajstić information content (AvgIpc) is 1.62. The summed E-state index contributed by atoms with van der Waals surface area (Å²) in [6.45, 7) is 6.08. The molecule has 1 unspecified atom stereocenters. The third-order valence-electron chi connectivity index (χ3n) is 0.997. The fourth-order valence-corrected chi connectivity index (χ4v) is 0.708. The summed E-state index contributed by atoms with van der Waals surface area (Å²) in [5.41, 5.74) is 7.21. The molecule has 2 heteroatoms. The largest absolute Gasteiger partial charge is 0.302 e. The van der Waals surface area contributed by atoms with Crippen LogP contribution in [0.1, 0.15) is 27.2 Å². The van der Waals surface area contributed by atoms with Crippen LogP contribution in [0.5, 0.6) is 0 Å². The second kappa shape index (κ2) is 2.97. The molecule has 1 radical (unpaired) electrons. The van der Waals surface area contributed by atoms with Gasteiger partial charge >= 0.3 is 0 Å². The second-order valence-corrected chi connectivity index (χ2v) is 3.51. The molecule has 9 heavy (non-hydrogen) atoms. The van der Waals surface area contributed by atoms with Gasteiger partial charge < -0.3 is 4.79 Å². The molecule has 0 aliphatic heterocycles. The van der Waals surface area contributed by atoms with Crippen molar-refractivity contribution in [3.8, 4) is 0 Å². The van der Waals surface area contributed by atoms with Crippen LogP contribution in [-0.2, 0) is 4.79 Å². The van der Waals surface area contributed by atoms with Crippen LogP contribution in [0.25, 0.3) is 0 Å². The summed E-state index contributed by atoms with van der Waals surface area (Å²) >= 11 is 0. The zero-order valence-corrected chi connectivity index (χ0v) is 6.27. The van der Waals surface area contributed by atoms with E-state index in [1.165, 1.54) is 0 Å². The Morgan fingerprint density at radius 2 is 2.00 bits per heavy atom. The third kappa shape index (κ3) is 5.50. The van der Waals surface area contributed by atoms with Crippen LogP contribution in [-0.4, -0.2) is 12.3 Å². The van der Waals surface area contributed by atoms with Crippen LogP contribution in [0.4, 0.5) is 0 Å². The molecule has 0 aliphatic rings. The molecule has 0 aliphatic carbocycles. The molecule has 0 fully saturated rings. The summed E-state index contributed by atoms with van der Waals surface area (Å²) < 4.78 is 0. The molecule has 0 amide bonds. The number of nitrogens with one attached hydrogen (secondary N) is 1. The molecule has 2 nitrogen and oxygen atoms in total. The van der Waals surface area contributed by atoms with E-state index in [4.69, 9.17) is 5.73 Å². The van der Waals surface area contributed by atoms with Crippen molar-refractivity contribution in [2.75, 3.05) is 0 Å². The molecule has 1 N–H and O–H groups in total. The molecule has 0 saturated carbocycles. The SMILES string of the molecule is CC(C)(C)CC([NH])C=O. The van der Waals surface area contributed by atoms with Crippen molar-refractivity contribution in [2.24, 2.45) is 5.41 Å². The van der Waals surface area contributed by atoms with Crippen molar-refractivity contribution in [3.05, 3.63) is 0 Å². The van der Waals surface area contributed by atoms with Crippen molar-refractivity contribution in [2.45, 2.75) is 33.2 Å². The van der Waals surface area contributed by atoms with E-state index in [0.29, 0.717) is 12.7 Å². The number of rotatable bonds is 2. The monoisotopic (exact) mass is 128 g/mol. The molecular formula is C7H14NO. The van der Waals surface area contributed by atoms with E-state index < -0.39 is 6.04 Å². The third-order valence-corrected chi connectivity index (χ3v) is 0.997. The topological polar surface area (TPSA) is 40.9 Å². The van der Waals surface area contributed by atoms with Crippen molar-refractivity contribution < 1.29 is 4.79 Å². The van der Waals surface area contributed by atoms with E-state index in [2.05, 4.69) is 0 Å². The van der Waals surface area contributed by atoms with Gasteiger partial charge in [-0.2, -0.15) is 0 Å². The molecule has 53 valence electrons. The first kappa shape index (κ1) is 8.63. The Labute approximate surface area is 56.4 Å². The lowest BCUT2D eigenvalue weighted by atomic mass is 9.89. The molecule has 0 aromatic rings. The zero-order chi connectivity index (χ0) is 7.49. The zero-order valence-electron chi connectivity index (χ0n) is 6.27. The Bertz CT molecular complexity index is 93.6. The quantitative estimate of drug-likeness (QED) is 0.516. The van der Waals surface area contributed by atoms with Gasteiger partial charge in [0.05, 0.1) is 6.04 Å². The number of aldehydes is 1. The van der Waals surface area contributed by atoms with E-state index in [9.17, 15) is 4.79 Å². The van der Waals surface area contributed by atoms with Crippen molar-refractivity contribution in [1.82, 2.24) is 5.73 Å². The van der Waals surface area contributed by atoms with Gasteiger partial charge in [0, 0.05) is 0 Å². The van der Waals surface area contributed by atoms with Gasteiger partial charge in [0.25, 0.3) is 0 Å². The Balaban J connectivity index is 3.59. The lowest BCUT2D eigenvalue weighted by Gasteiger charge is -2.18. The predicted molar refractivity (Wildman–Crippen MR) is 37.0 cm³/mol. The predicted octanol–water partition coefficient (Wildman–Crippen LogP) is 1.27. The van der Waals surface area contributed by atoms with Crippen molar-refractivity contribution in [3.63, 3.8) is 0 Å². The smallest absolute Gasteiger partial charge is 0.138 e. The molecule has 0 aromatic carbocycles. The number of carbonyl (C=O) groups is 1. The first-order valence-electron chi connectivity index (χ1n) is 3.12. The minimum atomic E-state index is -0.537. The Morgan fingerprint density at radius 3 is 2.11 bits per heavy atom. The van der Waals surface area contributed by atoms with Crippen LogP contribution < -0.4 is 5.73 Å². The average molecular weight is 128 g/mol. The lowest BCUT2D eigenvalue weighted by molar-refractivity contribution is -0.109. The molecule has 0 bridgehead atoms. The number of hydrogen-bond acceptors (Lipinski definition) is 1. The van der Waals surface area contributed by atoms with Gasteiger partial charge in [-0.25, -0.2) is 5.73 Å². The van der Waals surface area contributed by atoms with Gasteiger partial charge in [0.15, 0.2) is 0 Å². The summed E-state index contributed by atoms with van der Waals surface area (Å²) in [7, 11) is 0. The molecule has 0 spiro atoms. The maximum absolute atomic E-state index is 10.00. The summed E-state index contributed by atoms with van der Waals surface area (Å²) in [6, 6.07) is -0.537. The standard InChI is InChI=1S/C7H14NO/c1-7(2,3)4-6(8)5-9/h5-6,8H,4H2,1-3H3. The maximum Gasteiger partial charge on any atom is 0.138 e. The molecule has 0 heterocycles. The summed E-state index contributed by atoms with van der Waals surface area (Å²) in [6.07, 6.45) is 1.34. The number of hydrogen-bond donors (Lipinski definition) is 0. The van der Waals surface area contributed by atoms with Crippen LogP contribution >= 0.6 is 0 Å². The summed E-state index contributed by atoms with van der Waals surface area (Å²) in [5.74, 6) is 0. The highest BCUT2D eigenvalue weighted by atomic mass is 16.1. The highest BCUT2D eigenvalue weighted by Gasteiger charge is 2.14. The van der Waals surface area contributed by atoms with E-state index in [0.717, 1.165) is 0 Å². The van der Waals surface area contributed by atoms with Crippen LogP contribution in [0, 0.1) is 5.41 Å². The minimum absolute atomic E-state index is 0.104. The highest BCUT2D eigenvalue weighted by Crippen LogP contribution is 2.19. The normalized spacial score (nSPS) is 15.1. The van der Waals surface area contributed by atoms with E-state index >= 15 is 0 Å². The van der Waals surface area contributed by atoms with Gasteiger partial charge in [-0.15, -0.1) is 0 Å². The van der Waals surface area contributed by atoms with Gasteiger partial charge in [-0.3, -0.25) is 0 Å². The van der Waals surface area contributed by atoms with Crippen LogP contribution in [0.2, 0.25) is 0 Å². The van der Waals surface area contributed by atoms with Crippen molar-refractivity contribution in [1.29, 1.82) is 0 Å². The highest BCUT2D eigenvalue weighted by molar-refractivity contribution is 5.56. The van der Waals surface area contributed by atoms with Crippen LogP contribution in [0.15, 0.2) is 0 Å². The van der Waals surface area contributed by atoms with Crippen molar-refractivity contribution >= 4 is 6.29 Å². The maximum atomic E-state index is 10.00. The van der Waals surface area contributed by atoms with Gasteiger partial charge in [-0.05, 0) is 11.8 Å². The van der Waals surface area contributed by atoms with E-state index in [1.54, 1.807) is 0 Å². The molecule has 0 rings (SSSR count). The van der Waals surface area contributed by atoms with Gasteiger partial charge in [0.1, 0.15) is 6.29 Å². The van der Waals surface area contributed by atoms with Gasteiger partial charge in [-0.1, -0.05) is 20.8 Å². The Morgan fingerprint density at radius 1 is 1.56 bits per heavy atom. The fourth-order valence-electron chi connectivity index (χ4n) is 0.708. The lowest BCUT2D eigenvalue weighted by Crippen LogP contribution is -2.19.